The SMILES string of the molecule is CC(C)(C)OC(=O)N1CC2(CCN(c3nc(Cl)nc4c(F)c(Br)c(I)cc34)CC2)C1. The number of halogens is 4. The second-order valence-electron chi connectivity index (χ2n) is 9.02. The highest BCUT2D eigenvalue weighted by atomic mass is 127. The van der Waals surface area contributed by atoms with E-state index in [4.69, 9.17) is 16.3 Å². The molecule has 2 aliphatic rings. The van der Waals surface area contributed by atoms with Crippen molar-refractivity contribution in [3.05, 3.63) is 25.2 Å². The molecule has 2 aliphatic heterocycles. The summed E-state index contributed by atoms with van der Waals surface area (Å²) in [6, 6.07) is 1.88. The molecule has 6 nitrogen and oxygen atoms in total. The van der Waals surface area contributed by atoms with Gasteiger partial charge in [0.25, 0.3) is 0 Å². The number of nitrogens with zero attached hydrogens (tertiary/aromatic N) is 4. The van der Waals surface area contributed by atoms with Crippen molar-refractivity contribution in [1.82, 2.24) is 14.9 Å². The maximum Gasteiger partial charge on any atom is 0.410 e. The normalized spacial score (nSPS) is 18.6. The Kier molecular flexibility index (Phi) is 5.85. The van der Waals surface area contributed by atoms with Crippen molar-refractivity contribution in [3.8, 4) is 0 Å². The van der Waals surface area contributed by atoms with Crippen LogP contribution in [0.3, 0.4) is 0 Å². The van der Waals surface area contributed by atoms with Gasteiger partial charge in [0.2, 0.25) is 5.28 Å². The number of carbonyl (C=O) groups is 1. The van der Waals surface area contributed by atoms with Crippen molar-refractivity contribution < 1.29 is 13.9 Å². The summed E-state index contributed by atoms with van der Waals surface area (Å²) in [5, 5.41) is 0.689. The number of piperidine rings is 1. The van der Waals surface area contributed by atoms with E-state index in [0.29, 0.717) is 28.8 Å². The zero-order valence-corrected chi connectivity index (χ0v) is 21.4. The minimum absolute atomic E-state index is 0.0320. The van der Waals surface area contributed by atoms with Crippen LogP contribution in [0.5, 0.6) is 0 Å². The van der Waals surface area contributed by atoms with Crippen LogP contribution in [-0.4, -0.2) is 52.7 Å². The molecule has 0 aliphatic carbocycles. The van der Waals surface area contributed by atoms with Gasteiger partial charge in [0.15, 0.2) is 5.82 Å². The molecule has 0 atom stereocenters. The molecular formula is C20H22BrClFIN4O2. The van der Waals surface area contributed by atoms with Crippen molar-refractivity contribution in [2.24, 2.45) is 5.41 Å². The lowest BCUT2D eigenvalue weighted by molar-refractivity contribution is -0.0434. The molecule has 0 radical (unpaired) electrons. The molecule has 2 fully saturated rings. The van der Waals surface area contributed by atoms with Crippen LogP contribution in [-0.2, 0) is 4.74 Å². The average molecular weight is 612 g/mol. The number of benzene rings is 1. The number of rotatable bonds is 1. The molecule has 1 amide bonds. The summed E-state index contributed by atoms with van der Waals surface area (Å²) in [7, 11) is 0. The lowest BCUT2D eigenvalue weighted by atomic mass is 9.72. The lowest BCUT2D eigenvalue weighted by Gasteiger charge is -2.53. The van der Waals surface area contributed by atoms with Gasteiger partial charge in [-0.25, -0.2) is 14.2 Å². The Morgan fingerprint density at radius 2 is 1.93 bits per heavy atom. The Morgan fingerprint density at radius 3 is 2.53 bits per heavy atom. The average Bonchev–Trinajstić information content (AvgIpc) is 2.63. The molecule has 2 saturated heterocycles. The van der Waals surface area contributed by atoms with E-state index >= 15 is 0 Å². The molecule has 0 N–H and O–H groups in total. The standard InChI is InChI=1S/C20H22BrClFIN4O2/c1-19(2,3)30-18(29)28-9-20(10-28)4-6-27(7-5-20)16-11-8-12(24)13(21)14(23)15(11)25-17(22)26-16/h8H,4-7,9-10H2,1-3H3. The predicted octanol–water partition coefficient (Wildman–Crippen LogP) is 5.63. The third-order valence-corrected chi connectivity index (χ3v) is 8.14. The zero-order valence-electron chi connectivity index (χ0n) is 16.9. The number of carbonyl (C=O) groups excluding carboxylic acids is 1. The molecule has 0 saturated carbocycles. The molecule has 0 bridgehead atoms. The molecule has 0 unspecified atom stereocenters. The van der Waals surface area contributed by atoms with Gasteiger partial charge in [0.05, 0.1) is 4.47 Å². The first-order chi connectivity index (χ1) is 14.0. The summed E-state index contributed by atoms with van der Waals surface area (Å²) >= 11 is 11.5. The van der Waals surface area contributed by atoms with Crippen LogP contribution < -0.4 is 4.90 Å². The van der Waals surface area contributed by atoms with Crippen molar-refractivity contribution in [2.45, 2.75) is 39.2 Å². The molecular weight excluding hydrogens is 590 g/mol. The second kappa shape index (κ2) is 7.88. The molecule has 10 heteroatoms. The van der Waals surface area contributed by atoms with Crippen LogP contribution in [0.15, 0.2) is 10.5 Å². The topological polar surface area (TPSA) is 58.6 Å². The summed E-state index contributed by atoms with van der Waals surface area (Å²) in [5.74, 6) is 0.232. The van der Waals surface area contributed by atoms with E-state index in [1.165, 1.54) is 0 Å². The fourth-order valence-electron chi connectivity index (χ4n) is 4.10. The Hall–Kier alpha value is -0.940. The van der Waals surface area contributed by atoms with Gasteiger partial charge in [-0.05, 0) is 89.8 Å². The number of hydrogen-bond donors (Lipinski definition) is 0. The van der Waals surface area contributed by atoms with Gasteiger partial charge in [0, 0.05) is 40.6 Å². The van der Waals surface area contributed by atoms with E-state index < -0.39 is 11.4 Å². The van der Waals surface area contributed by atoms with E-state index in [0.717, 1.165) is 29.5 Å². The Morgan fingerprint density at radius 1 is 1.30 bits per heavy atom. The van der Waals surface area contributed by atoms with Crippen LogP contribution in [0.4, 0.5) is 15.0 Å². The first-order valence-electron chi connectivity index (χ1n) is 9.72. The number of fused-ring (bicyclic) bond motifs is 1. The number of amides is 1. The number of likely N-dealkylation sites (tertiary alicyclic amines) is 1. The van der Waals surface area contributed by atoms with Crippen LogP contribution >= 0.6 is 50.1 Å². The summed E-state index contributed by atoms with van der Waals surface area (Å²) in [6.45, 7) is 8.56. The zero-order chi connectivity index (χ0) is 21.8. The van der Waals surface area contributed by atoms with E-state index in [1.807, 2.05) is 26.8 Å². The van der Waals surface area contributed by atoms with Crippen LogP contribution in [0.1, 0.15) is 33.6 Å². The monoisotopic (exact) mass is 610 g/mol. The minimum atomic E-state index is -0.488. The molecule has 1 aromatic carbocycles. The summed E-state index contributed by atoms with van der Waals surface area (Å²) < 4.78 is 21.3. The van der Waals surface area contributed by atoms with Crippen molar-refractivity contribution >= 4 is 72.9 Å². The van der Waals surface area contributed by atoms with Crippen molar-refractivity contribution in [1.29, 1.82) is 0 Å². The van der Waals surface area contributed by atoms with Gasteiger partial charge in [-0.1, -0.05) is 0 Å². The number of ether oxygens (including phenoxy) is 1. The highest BCUT2D eigenvalue weighted by Gasteiger charge is 2.48. The van der Waals surface area contributed by atoms with Crippen LogP contribution in [0.2, 0.25) is 5.28 Å². The third-order valence-electron chi connectivity index (χ3n) is 5.61. The molecule has 3 heterocycles. The van der Waals surface area contributed by atoms with Gasteiger partial charge in [-0.3, -0.25) is 0 Å². The highest BCUT2D eigenvalue weighted by molar-refractivity contribution is 14.1. The number of anilines is 1. The fourth-order valence-corrected chi connectivity index (χ4v) is 5.11. The first kappa shape index (κ1) is 22.3. The quantitative estimate of drug-likeness (QED) is 0.238. The molecule has 30 heavy (non-hydrogen) atoms. The van der Waals surface area contributed by atoms with E-state index in [9.17, 15) is 9.18 Å². The second-order valence-corrected chi connectivity index (χ2v) is 11.3. The molecule has 2 aromatic rings. The number of hydrogen-bond acceptors (Lipinski definition) is 5. The summed E-state index contributed by atoms with van der Waals surface area (Å²) in [5.41, 5.74) is -0.154. The predicted molar refractivity (Wildman–Crippen MR) is 127 cm³/mol. The molecule has 4 rings (SSSR count). The fraction of sp³-hybridized carbons (Fsp3) is 0.550. The van der Waals surface area contributed by atoms with Crippen molar-refractivity contribution in [2.75, 3.05) is 31.1 Å². The van der Waals surface area contributed by atoms with Gasteiger partial charge < -0.3 is 14.5 Å². The molecule has 1 spiro atoms. The summed E-state index contributed by atoms with van der Waals surface area (Å²) in [4.78, 5) is 24.7. The Labute approximate surface area is 201 Å². The largest absolute Gasteiger partial charge is 0.444 e. The smallest absolute Gasteiger partial charge is 0.410 e. The van der Waals surface area contributed by atoms with E-state index in [2.05, 4.69) is 53.4 Å². The molecule has 162 valence electrons. The van der Waals surface area contributed by atoms with E-state index in [-0.39, 0.29) is 22.3 Å². The van der Waals surface area contributed by atoms with Gasteiger partial charge in [0.1, 0.15) is 16.9 Å². The Bertz CT molecular complexity index is 1020. The van der Waals surface area contributed by atoms with Crippen LogP contribution in [0, 0.1) is 14.8 Å². The van der Waals surface area contributed by atoms with E-state index in [1.54, 1.807) is 4.90 Å². The highest BCUT2D eigenvalue weighted by Crippen LogP contribution is 2.43. The molecule has 1 aromatic heterocycles. The Balaban J connectivity index is 1.49. The maximum atomic E-state index is 14.7. The lowest BCUT2D eigenvalue weighted by Crippen LogP contribution is -2.62. The van der Waals surface area contributed by atoms with Gasteiger partial charge in [-0.2, -0.15) is 4.98 Å². The van der Waals surface area contributed by atoms with Gasteiger partial charge in [-0.15, -0.1) is 0 Å². The van der Waals surface area contributed by atoms with Crippen molar-refractivity contribution in [3.63, 3.8) is 0 Å². The number of aromatic nitrogens is 2. The van der Waals surface area contributed by atoms with Gasteiger partial charge >= 0.3 is 6.09 Å². The summed E-state index contributed by atoms with van der Waals surface area (Å²) in [6.07, 6.45) is 1.59. The van der Waals surface area contributed by atoms with Crippen LogP contribution in [0.25, 0.3) is 10.9 Å². The minimum Gasteiger partial charge on any atom is -0.444 e. The maximum absolute atomic E-state index is 14.7. The first-order valence-corrected chi connectivity index (χ1v) is 12.0. The third kappa shape index (κ3) is 4.21.